The molecule has 1 aliphatic rings. The highest BCUT2D eigenvalue weighted by molar-refractivity contribution is 6.14. The fourth-order valence-corrected chi connectivity index (χ4v) is 2.52. The summed E-state index contributed by atoms with van der Waals surface area (Å²) >= 11 is 0. The molecule has 1 aliphatic heterocycles. The van der Waals surface area contributed by atoms with Crippen molar-refractivity contribution in [3.05, 3.63) is 35.3 Å². The number of urea groups is 1. The molecule has 4 amide bonds. The van der Waals surface area contributed by atoms with E-state index in [1.807, 2.05) is 0 Å². The normalized spacial score (nSPS) is 15.3. The number of imide groups is 1. The molecule has 0 aromatic heterocycles. The first-order valence-electron chi connectivity index (χ1n) is 8.07. The molecule has 8 nitrogen and oxygen atoms in total. The number of hydrogen-bond acceptors (Lipinski definition) is 5. The largest absolute Gasteiger partial charge is 0.496 e. The number of carbonyl (C=O) groups is 3. The molecule has 0 saturated carbocycles. The fourth-order valence-electron chi connectivity index (χ4n) is 2.52. The Morgan fingerprint density at radius 2 is 2.12 bits per heavy atom. The number of nitrogens with one attached hydrogen (secondary N) is 2. The van der Waals surface area contributed by atoms with Crippen LogP contribution in [-0.4, -0.2) is 41.6 Å². The zero-order valence-corrected chi connectivity index (χ0v) is 14.3. The third-order valence-corrected chi connectivity index (χ3v) is 3.87. The van der Waals surface area contributed by atoms with E-state index >= 15 is 0 Å². The molecular formula is C17H20FN3O5. The van der Waals surface area contributed by atoms with Gasteiger partial charge in [-0.15, -0.1) is 0 Å². The maximum absolute atomic E-state index is 13.2. The number of benzene rings is 1. The number of amides is 4. The van der Waals surface area contributed by atoms with Crippen LogP contribution in [0.15, 0.2) is 23.9 Å². The van der Waals surface area contributed by atoms with Gasteiger partial charge in [-0.3, -0.25) is 19.7 Å². The van der Waals surface area contributed by atoms with Crippen molar-refractivity contribution in [2.24, 2.45) is 0 Å². The van der Waals surface area contributed by atoms with Crippen molar-refractivity contribution >= 4 is 23.9 Å². The van der Waals surface area contributed by atoms with Crippen LogP contribution >= 0.6 is 0 Å². The number of nitrogens with zero attached hydrogens (tertiary/aromatic N) is 1. The van der Waals surface area contributed by atoms with Gasteiger partial charge in [0.1, 0.15) is 17.3 Å². The molecule has 1 heterocycles. The number of carbonyl (C=O) groups excluding carboxylic acids is 3. The van der Waals surface area contributed by atoms with Crippen LogP contribution in [0.3, 0.4) is 0 Å². The van der Waals surface area contributed by atoms with Crippen LogP contribution in [-0.2, 0) is 9.59 Å². The minimum Gasteiger partial charge on any atom is -0.496 e. The van der Waals surface area contributed by atoms with Gasteiger partial charge >= 0.3 is 6.03 Å². The van der Waals surface area contributed by atoms with Gasteiger partial charge in [-0.25, -0.2) is 14.7 Å². The van der Waals surface area contributed by atoms with E-state index in [0.717, 1.165) is 4.90 Å². The second-order valence-electron chi connectivity index (χ2n) is 5.68. The summed E-state index contributed by atoms with van der Waals surface area (Å²) in [5.74, 6) is -1.17. The van der Waals surface area contributed by atoms with Gasteiger partial charge in [0, 0.05) is 24.6 Å². The summed E-state index contributed by atoms with van der Waals surface area (Å²) in [6.07, 6.45) is 3.29. The standard InChI is InChI=1S/C17H20FN3O5/c1-26-14-10-12(18)7-6-11(14)9-13-16(23)21(17(24)19-13)8-4-2-3-5-15(22)20-25/h6-7,9-10,25H,2-5,8H2,1H3,(H,19,24)(H,20,22)/b13-9-. The SMILES string of the molecule is COc1cc(F)ccc1/C=C1\NC(=O)N(CCCCCC(=O)NO)C1=O. The van der Waals surface area contributed by atoms with Gasteiger partial charge in [0.25, 0.3) is 5.91 Å². The van der Waals surface area contributed by atoms with Crippen molar-refractivity contribution in [3.63, 3.8) is 0 Å². The lowest BCUT2D eigenvalue weighted by Gasteiger charge is -2.11. The number of halogens is 1. The molecule has 3 N–H and O–H groups in total. The van der Waals surface area contributed by atoms with Gasteiger partial charge in [0.2, 0.25) is 5.91 Å². The Bertz CT molecular complexity index is 735. The summed E-state index contributed by atoms with van der Waals surface area (Å²) in [6.45, 7) is 0.212. The van der Waals surface area contributed by atoms with E-state index in [2.05, 4.69) is 5.32 Å². The number of rotatable bonds is 8. The molecular weight excluding hydrogens is 345 g/mol. The minimum atomic E-state index is -0.532. The van der Waals surface area contributed by atoms with Gasteiger partial charge in [-0.05, 0) is 31.1 Å². The second-order valence-corrected chi connectivity index (χ2v) is 5.68. The average Bonchev–Trinajstić information content (AvgIpc) is 2.89. The number of ether oxygens (including phenoxy) is 1. The van der Waals surface area contributed by atoms with Gasteiger partial charge in [-0.1, -0.05) is 6.42 Å². The molecule has 0 spiro atoms. The summed E-state index contributed by atoms with van der Waals surface area (Å²) in [5.41, 5.74) is 2.09. The van der Waals surface area contributed by atoms with Crippen LogP contribution < -0.4 is 15.5 Å². The lowest BCUT2D eigenvalue weighted by atomic mass is 10.1. The molecule has 1 fully saturated rings. The smallest absolute Gasteiger partial charge is 0.329 e. The molecule has 1 saturated heterocycles. The number of methoxy groups -OCH3 is 1. The Morgan fingerprint density at radius 1 is 1.35 bits per heavy atom. The molecule has 1 aromatic rings. The fraction of sp³-hybridized carbons (Fsp3) is 0.353. The second kappa shape index (κ2) is 8.95. The molecule has 0 bridgehead atoms. The zero-order chi connectivity index (χ0) is 19.1. The number of hydroxylamine groups is 1. The maximum Gasteiger partial charge on any atom is 0.329 e. The summed E-state index contributed by atoms with van der Waals surface area (Å²) < 4.78 is 18.3. The molecule has 9 heteroatoms. The Kier molecular flexibility index (Phi) is 6.67. The van der Waals surface area contributed by atoms with E-state index in [-0.39, 0.29) is 24.4 Å². The monoisotopic (exact) mass is 365 g/mol. The third-order valence-electron chi connectivity index (χ3n) is 3.87. The zero-order valence-electron chi connectivity index (χ0n) is 14.3. The lowest BCUT2D eigenvalue weighted by Crippen LogP contribution is -2.31. The van der Waals surface area contributed by atoms with Crippen LogP contribution in [0.1, 0.15) is 31.2 Å². The molecule has 26 heavy (non-hydrogen) atoms. The Morgan fingerprint density at radius 3 is 2.81 bits per heavy atom. The van der Waals surface area contributed by atoms with E-state index < -0.39 is 23.7 Å². The van der Waals surface area contributed by atoms with Crippen LogP contribution in [0.2, 0.25) is 0 Å². The van der Waals surface area contributed by atoms with Crippen molar-refractivity contribution in [2.75, 3.05) is 13.7 Å². The Balaban J connectivity index is 1.97. The van der Waals surface area contributed by atoms with Crippen molar-refractivity contribution in [1.82, 2.24) is 15.7 Å². The summed E-state index contributed by atoms with van der Waals surface area (Å²) in [4.78, 5) is 36.3. The van der Waals surface area contributed by atoms with E-state index in [9.17, 15) is 18.8 Å². The van der Waals surface area contributed by atoms with E-state index in [1.54, 1.807) is 5.48 Å². The molecule has 140 valence electrons. The van der Waals surface area contributed by atoms with Crippen LogP contribution in [0.5, 0.6) is 5.75 Å². The highest BCUT2D eigenvalue weighted by Crippen LogP contribution is 2.23. The summed E-state index contributed by atoms with van der Waals surface area (Å²) in [5, 5.41) is 10.9. The predicted octanol–water partition coefficient (Wildman–Crippen LogP) is 1.79. The van der Waals surface area contributed by atoms with Crippen molar-refractivity contribution < 1.29 is 28.7 Å². The lowest BCUT2D eigenvalue weighted by molar-refractivity contribution is -0.129. The Labute approximate surface area is 149 Å². The van der Waals surface area contributed by atoms with Gasteiger partial charge in [-0.2, -0.15) is 0 Å². The van der Waals surface area contributed by atoms with Gasteiger partial charge < -0.3 is 10.1 Å². The predicted molar refractivity (Wildman–Crippen MR) is 89.6 cm³/mol. The molecule has 2 rings (SSSR count). The summed E-state index contributed by atoms with van der Waals surface area (Å²) in [7, 11) is 1.38. The first-order valence-corrected chi connectivity index (χ1v) is 8.07. The minimum absolute atomic E-state index is 0.0829. The summed E-state index contributed by atoms with van der Waals surface area (Å²) in [6, 6.07) is 3.34. The van der Waals surface area contributed by atoms with Crippen molar-refractivity contribution in [1.29, 1.82) is 0 Å². The topological polar surface area (TPSA) is 108 Å². The third kappa shape index (κ3) is 4.79. The molecule has 0 unspecified atom stereocenters. The van der Waals surface area contributed by atoms with Crippen LogP contribution in [0.4, 0.5) is 9.18 Å². The van der Waals surface area contributed by atoms with Gasteiger partial charge in [0.05, 0.1) is 7.11 Å². The van der Waals surface area contributed by atoms with E-state index in [0.29, 0.717) is 24.8 Å². The molecule has 0 radical (unpaired) electrons. The van der Waals surface area contributed by atoms with E-state index in [4.69, 9.17) is 9.94 Å². The van der Waals surface area contributed by atoms with Crippen LogP contribution in [0.25, 0.3) is 6.08 Å². The number of unbranched alkanes of at least 4 members (excludes halogenated alkanes) is 2. The number of hydrogen-bond donors (Lipinski definition) is 3. The first-order chi connectivity index (χ1) is 12.5. The van der Waals surface area contributed by atoms with Crippen molar-refractivity contribution in [2.45, 2.75) is 25.7 Å². The van der Waals surface area contributed by atoms with Gasteiger partial charge in [0.15, 0.2) is 0 Å². The van der Waals surface area contributed by atoms with E-state index in [1.165, 1.54) is 31.4 Å². The van der Waals surface area contributed by atoms with Crippen molar-refractivity contribution in [3.8, 4) is 5.75 Å². The molecule has 0 atom stereocenters. The quantitative estimate of drug-likeness (QED) is 0.214. The average molecular weight is 365 g/mol. The maximum atomic E-state index is 13.2. The molecule has 0 aliphatic carbocycles. The highest BCUT2D eigenvalue weighted by Gasteiger charge is 2.33. The Hall–Kier alpha value is -2.94. The first kappa shape index (κ1) is 19.4. The van der Waals surface area contributed by atoms with Crippen LogP contribution in [0, 0.1) is 5.82 Å². The molecule has 1 aromatic carbocycles. The highest BCUT2D eigenvalue weighted by atomic mass is 19.1.